The van der Waals surface area contributed by atoms with Gasteiger partial charge in [0.1, 0.15) is 11.3 Å². The van der Waals surface area contributed by atoms with Crippen molar-refractivity contribution in [1.29, 1.82) is 0 Å². The van der Waals surface area contributed by atoms with E-state index in [9.17, 15) is 4.79 Å². The van der Waals surface area contributed by atoms with Crippen molar-refractivity contribution in [3.63, 3.8) is 0 Å². The van der Waals surface area contributed by atoms with Crippen molar-refractivity contribution in [2.75, 3.05) is 19.0 Å². The van der Waals surface area contributed by atoms with Gasteiger partial charge in [0.2, 0.25) is 0 Å². The Bertz CT molecular complexity index is 1380. The molecular weight excluding hydrogens is 356 g/mol. The van der Waals surface area contributed by atoms with E-state index in [1.807, 2.05) is 73.6 Å². The van der Waals surface area contributed by atoms with Crippen molar-refractivity contribution in [2.24, 2.45) is 0 Å². The summed E-state index contributed by atoms with van der Waals surface area (Å²) in [5, 5.41) is 3.64. The Hall–Kier alpha value is -3.18. The van der Waals surface area contributed by atoms with Crippen LogP contribution in [0.1, 0.15) is 0 Å². The second-order valence-electron chi connectivity index (χ2n) is 6.74. The maximum absolute atomic E-state index is 12.7. The highest BCUT2D eigenvalue weighted by atomic mass is 32.1. The van der Waals surface area contributed by atoms with Crippen molar-refractivity contribution >= 4 is 48.4 Å². The molecule has 0 N–H and O–H groups in total. The van der Waals surface area contributed by atoms with Crippen LogP contribution in [0.2, 0.25) is 0 Å². The maximum atomic E-state index is 12.7. The summed E-state index contributed by atoms with van der Waals surface area (Å²) >= 11 is 1.62. The molecule has 0 aliphatic rings. The SMILES string of the molecule is CN(C)c1nc2ccc(-c3cc(=O)c4cc5ccccc5cc4o3)cc2s1. The van der Waals surface area contributed by atoms with Gasteiger partial charge in [0.05, 0.1) is 15.6 Å². The quantitative estimate of drug-likeness (QED) is 0.395. The van der Waals surface area contributed by atoms with Crippen LogP contribution in [-0.4, -0.2) is 19.1 Å². The van der Waals surface area contributed by atoms with E-state index in [1.165, 1.54) is 0 Å². The van der Waals surface area contributed by atoms with E-state index >= 15 is 0 Å². The van der Waals surface area contributed by atoms with E-state index in [0.29, 0.717) is 16.7 Å². The van der Waals surface area contributed by atoms with Crippen molar-refractivity contribution in [3.05, 3.63) is 70.9 Å². The molecule has 0 spiro atoms. The summed E-state index contributed by atoms with van der Waals surface area (Å²) in [6, 6.07) is 19.3. The van der Waals surface area contributed by atoms with E-state index in [2.05, 4.69) is 4.98 Å². The van der Waals surface area contributed by atoms with E-state index in [0.717, 1.165) is 31.7 Å². The van der Waals surface area contributed by atoms with Gasteiger partial charge in [-0.2, -0.15) is 0 Å². The molecule has 132 valence electrons. The summed E-state index contributed by atoms with van der Waals surface area (Å²) < 4.78 is 7.18. The molecule has 5 aromatic rings. The van der Waals surface area contributed by atoms with E-state index in [1.54, 1.807) is 17.4 Å². The molecule has 5 rings (SSSR count). The summed E-state index contributed by atoms with van der Waals surface area (Å²) in [6.45, 7) is 0. The first-order valence-electron chi connectivity index (χ1n) is 8.63. The lowest BCUT2D eigenvalue weighted by molar-refractivity contribution is 0.619. The number of thiazole rings is 1. The Morgan fingerprint density at radius 2 is 1.74 bits per heavy atom. The smallest absolute Gasteiger partial charge is 0.193 e. The van der Waals surface area contributed by atoms with Crippen LogP contribution in [0, 0.1) is 0 Å². The molecule has 27 heavy (non-hydrogen) atoms. The molecule has 0 radical (unpaired) electrons. The second kappa shape index (κ2) is 5.93. The fourth-order valence-electron chi connectivity index (χ4n) is 3.24. The average molecular weight is 372 g/mol. The molecule has 5 heteroatoms. The summed E-state index contributed by atoms with van der Waals surface area (Å²) in [5.74, 6) is 0.574. The highest BCUT2D eigenvalue weighted by molar-refractivity contribution is 7.22. The van der Waals surface area contributed by atoms with Crippen LogP contribution in [0.5, 0.6) is 0 Å². The van der Waals surface area contributed by atoms with Gasteiger partial charge in [0.15, 0.2) is 10.6 Å². The number of nitrogens with zero attached hydrogens (tertiary/aromatic N) is 2. The first-order chi connectivity index (χ1) is 13.1. The zero-order chi connectivity index (χ0) is 18.5. The fourth-order valence-corrected chi connectivity index (χ4v) is 4.17. The third-order valence-electron chi connectivity index (χ3n) is 4.64. The van der Waals surface area contributed by atoms with Gasteiger partial charge in [-0.3, -0.25) is 4.79 Å². The Morgan fingerprint density at radius 3 is 2.52 bits per heavy atom. The van der Waals surface area contributed by atoms with E-state index < -0.39 is 0 Å². The Morgan fingerprint density at radius 1 is 0.963 bits per heavy atom. The summed E-state index contributed by atoms with van der Waals surface area (Å²) in [7, 11) is 3.95. The van der Waals surface area contributed by atoms with Gasteiger partial charge < -0.3 is 9.32 Å². The molecule has 0 atom stereocenters. The topological polar surface area (TPSA) is 46.3 Å². The Balaban J connectivity index is 1.71. The van der Waals surface area contributed by atoms with Crippen LogP contribution in [0.3, 0.4) is 0 Å². The van der Waals surface area contributed by atoms with Gasteiger partial charge in [-0.25, -0.2) is 4.98 Å². The molecular formula is C22H16N2O2S. The molecule has 0 amide bonds. The van der Waals surface area contributed by atoms with Crippen LogP contribution in [0.25, 0.3) is 43.3 Å². The van der Waals surface area contributed by atoms with Crippen molar-refractivity contribution in [3.8, 4) is 11.3 Å². The third-order valence-corrected chi connectivity index (χ3v) is 5.83. The normalized spacial score (nSPS) is 11.5. The largest absolute Gasteiger partial charge is 0.456 e. The molecule has 0 aliphatic heterocycles. The average Bonchev–Trinajstić information content (AvgIpc) is 3.10. The number of aromatic nitrogens is 1. The minimum atomic E-state index is -0.0321. The first kappa shape index (κ1) is 16.0. The molecule has 0 bridgehead atoms. The molecule has 4 nitrogen and oxygen atoms in total. The zero-order valence-electron chi connectivity index (χ0n) is 14.9. The lowest BCUT2D eigenvalue weighted by Gasteiger charge is -2.05. The molecule has 0 unspecified atom stereocenters. The number of benzene rings is 3. The van der Waals surface area contributed by atoms with Gasteiger partial charge in [0.25, 0.3) is 0 Å². The molecule has 2 aromatic heterocycles. The minimum Gasteiger partial charge on any atom is -0.456 e. The second-order valence-corrected chi connectivity index (χ2v) is 7.75. The van der Waals surface area contributed by atoms with Gasteiger partial charge in [-0.05, 0) is 41.1 Å². The number of hydrogen-bond acceptors (Lipinski definition) is 5. The highest BCUT2D eigenvalue weighted by Crippen LogP contribution is 2.32. The van der Waals surface area contributed by atoms with Gasteiger partial charge in [-0.1, -0.05) is 35.6 Å². The standard InChI is InChI=1S/C22H16N2O2S/c1-24(2)22-23-17-8-7-15(11-21(17)27-22)19-12-18(25)16-9-13-5-3-4-6-14(13)10-20(16)26-19/h3-12H,1-2H3. The molecule has 3 aromatic carbocycles. The first-order valence-corrected chi connectivity index (χ1v) is 9.45. The Labute approximate surface area is 159 Å². The van der Waals surface area contributed by atoms with Gasteiger partial charge in [-0.15, -0.1) is 0 Å². The van der Waals surface area contributed by atoms with E-state index in [4.69, 9.17) is 4.42 Å². The maximum Gasteiger partial charge on any atom is 0.193 e. The van der Waals surface area contributed by atoms with Crippen LogP contribution in [0.15, 0.2) is 69.9 Å². The zero-order valence-corrected chi connectivity index (χ0v) is 15.7. The number of hydrogen-bond donors (Lipinski definition) is 0. The Kier molecular flexibility index (Phi) is 3.52. The lowest BCUT2D eigenvalue weighted by atomic mass is 10.1. The van der Waals surface area contributed by atoms with Gasteiger partial charge >= 0.3 is 0 Å². The molecule has 0 fully saturated rings. The molecule has 2 heterocycles. The van der Waals surface area contributed by atoms with Crippen LogP contribution in [0.4, 0.5) is 5.13 Å². The van der Waals surface area contributed by atoms with Crippen molar-refractivity contribution in [1.82, 2.24) is 4.98 Å². The fraction of sp³-hybridized carbons (Fsp3) is 0.0909. The van der Waals surface area contributed by atoms with Crippen LogP contribution >= 0.6 is 11.3 Å². The monoisotopic (exact) mass is 372 g/mol. The number of rotatable bonds is 2. The van der Waals surface area contributed by atoms with Crippen molar-refractivity contribution < 1.29 is 4.42 Å². The van der Waals surface area contributed by atoms with Crippen LogP contribution in [-0.2, 0) is 0 Å². The van der Waals surface area contributed by atoms with Crippen molar-refractivity contribution in [2.45, 2.75) is 0 Å². The predicted molar refractivity (Wildman–Crippen MR) is 113 cm³/mol. The third kappa shape index (κ3) is 2.67. The summed E-state index contributed by atoms with van der Waals surface area (Å²) in [6.07, 6.45) is 0. The van der Waals surface area contributed by atoms with Gasteiger partial charge in [0, 0.05) is 25.7 Å². The minimum absolute atomic E-state index is 0.0321. The highest BCUT2D eigenvalue weighted by Gasteiger charge is 2.11. The van der Waals surface area contributed by atoms with Crippen LogP contribution < -0.4 is 10.3 Å². The number of fused-ring (bicyclic) bond motifs is 3. The predicted octanol–water partition coefficient (Wildman–Crippen LogP) is 5.29. The summed E-state index contributed by atoms with van der Waals surface area (Å²) in [4.78, 5) is 19.3. The molecule has 0 saturated carbocycles. The number of anilines is 1. The van der Waals surface area contributed by atoms with E-state index in [-0.39, 0.29) is 5.43 Å². The lowest BCUT2D eigenvalue weighted by Crippen LogP contribution is -2.07. The molecule has 0 aliphatic carbocycles. The summed E-state index contributed by atoms with van der Waals surface area (Å²) in [5.41, 5.74) is 2.40. The molecule has 0 saturated heterocycles.